The number of hydrogen-bond donors (Lipinski definition) is 2. The van der Waals surface area contributed by atoms with Gasteiger partial charge in [0.15, 0.2) is 5.96 Å². The van der Waals surface area contributed by atoms with Gasteiger partial charge in [0, 0.05) is 35.5 Å². The molecule has 126 valence electrons. The highest BCUT2D eigenvalue weighted by Crippen LogP contribution is 2.16. The van der Waals surface area contributed by atoms with Crippen LogP contribution >= 0.6 is 22.7 Å². The summed E-state index contributed by atoms with van der Waals surface area (Å²) < 4.78 is 0. The van der Waals surface area contributed by atoms with E-state index in [1.807, 2.05) is 6.20 Å². The van der Waals surface area contributed by atoms with E-state index in [4.69, 9.17) is 0 Å². The summed E-state index contributed by atoms with van der Waals surface area (Å²) in [6.45, 7) is 10.7. The molecule has 2 rings (SSSR count). The van der Waals surface area contributed by atoms with Gasteiger partial charge in [-0.1, -0.05) is 6.92 Å². The van der Waals surface area contributed by atoms with Crippen molar-refractivity contribution in [3.8, 4) is 0 Å². The Labute approximate surface area is 146 Å². The molecule has 0 fully saturated rings. The normalized spacial score (nSPS) is 11.7. The van der Waals surface area contributed by atoms with Gasteiger partial charge in [-0.3, -0.25) is 0 Å². The minimum Gasteiger partial charge on any atom is -0.357 e. The zero-order valence-corrected chi connectivity index (χ0v) is 15.9. The van der Waals surface area contributed by atoms with Gasteiger partial charge in [0.1, 0.15) is 5.01 Å². The first-order valence-corrected chi connectivity index (χ1v) is 9.64. The molecule has 2 heterocycles. The zero-order chi connectivity index (χ0) is 16.7. The Bertz CT molecular complexity index is 625. The molecule has 0 saturated carbocycles. The molecule has 0 aliphatic carbocycles. The molecule has 7 heteroatoms. The predicted octanol–water partition coefficient (Wildman–Crippen LogP) is 3.08. The number of nitrogens with one attached hydrogen (secondary N) is 2. The van der Waals surface area contributed by atoms with E-state index in [0.29, 0.717) is 6.54 Å². The number of aliphatic imine (C=N–C) groups is 1. The molecule has 2 N–H and O–H groups in total. The van der Waals surface area contributed by atoms with Crippen molar-refractivity contribution in [1.82, 2.24) is 20.6 Å². The maximum atomic E-state index is 4.61. The lowest BCUT2D eigenvalue weighted by Gasteiger charge is -2.10. The monoisotopic (exact) mass is 351 g/mol. The first-order valence-electron chi connectivity index (χ1n) is 8.01. The summed E-state index contributed by atoms with van der Waals surface area (Å²) in [5.41, 5.74) is 1.14. The summed E-state index contributed by atoms with van der Waals surface area (Å²) in [5, 5.41) is 8.88. The van der Waals surface area contributed by atoms with Crippen molar-refractivity contribution >= 4 is 28.6 Å². The van der Waals surface area contributed by atoms with Crippen LogP contribution < -0.4 is 10.6 Å². The van der Waals surface area contributed by atoms with E-state index in [2.05, 4.69) is 53.3 Å². The third kappa shape index (κ3) is 5.58. The van der Waals surface area contributed by atoms with Crippen molar-refractivity contribution in [3.05, 3.63) is 31.7 Å². The molecular formula is C16H25N5S2. The quantitative estimate of drug-likeness (QED) is 0.594. The van der Waals surface area contributed by atoms with Crippen LogP contribution in [-0.4, -0.2) is 29.0 Å². The van der Waals surface area contributed by atoms with E-state index in [9.17, 15) is 0 Å². The topological polar surface area (TPSA) is 62.2 Å². The maximum absolute atomic E-state index is 4.61. The molecule has 2 aromatic heterocycles. The summed E-state index contributed by atoms with van der Waals surface area (Å²) in [6, 6.07) is 0. The number of nitrogens with zero attached hydrogens (tertiary/aromatic N) is 3. The van der Waals surface area contributed by atoms with Crippen LogP contribution in [0.1, 0.15) is 39.3 Å². The van der Waals surface area contributed by atoms with Gasteiger partial charge in [0.05, 0.1) is 17.2 Å². The van der Waals surface area contributed by atoms with Gasteiger partial charge in [-0.25, -0.2) is 15.0 Å². The number of aromatic nitrogens is 2. The van der Waals surface area contributed by atoms with Crippen molar-refractivity contribution in [3.63, 3.8) is 0 Å². The maximum Gasteiger partial charge on any atom is 0.191 e. The molecule has 5 nitrogen and oxygen atoms in total. The average Bonchev–Trinajstić information content (AvgIpc) is 3.12. The number of aryl methyl sites for hydroxylation is 3. The van der Waals surface area contributed by atoms with E-state index in [1.54, 1.807) is 22.7 Å². The van der Waals surface area contributed by atoms with Gasteiger partial charge >= 0.3 is 0 Å². The highest BCUT2D eigenvalue weighted by molar-refractivity contribution is 7.11. The fraction of sp³-hybridized carbons (Fsp3) is 0.562. The van der Waals surface area contributed by atoms with Crippen molar-refractivity contribution in [1.29, 1.82) is 0 Å². The highest BCUT2D eigenvalue weighted by atomic mass is 32.1. The van der Waals surface area contributed by atoms with E-state index < -0.39 is 0 Å². The zero-order valence-electron chi connectivity index (χ0n) is 14.3. The fourth-order valence-electron chi connectivity index (χ4n) is 2.01. The molecule has 0 radical (unpaired) electrons. The summed E-state index contributed by atoms with van der Waals surface area (Å²) in [6.07, 6.45) is 3.90. The largest absolute Gasteiger partial charge is 0.357 e. The van der Waals surface area contributed by atoms with Crippen molar-refractivity contribution < 1.29 is 0 Å². The van der Waals surface area contributed by atoms with Crippen molar-refractivity contribution in [2.24, 2.45) is 4.99 Å². The lowest BCUT2D eigenvalue weighted by atomic mass is 10.4. The van der Waals surface area contributed by atoms with Crippen LogP contribution in [-0.2, 0) is 19.4 Å². The van der Waals surface area contributed by atoms with Crippen LogP contribution in [0.2, 0.25) is 0 Å². The van der Waals surface area contributed by atoms with Crippen LogP contribution in [0.4, 0.5) is 0 Å². The standard InChI is InChI=1S/C16H25N5S2/c1-5-13-9-19-15(23-13)10-20-16(17-6-2)18-8-7-14-21-11(3)12(4)22-14/h9H,5-8,10H2,1-4H3,(H2,17,18,20). The molecule has 0 amide bonds. The lowest BCUT2D eigenvalue weighted by Crippen LogP contribution is -2.38. The second kappa shape index (κ2) is 8.98. The molecule has 0 atom stereocenters. The first-order chi connectivity index (χ1) is 11.1. The van der Waals surface area contributed by atoms with Gasteiger partial charge in [-0.15, -0.1) is 22.7 Å². The number of thiazole rings is 2. The molecule has 0 aliphatic rings. The van der Waals surface area contributed by atoms with E-state index in [0.717, 1.165) is 42.6 Å². The molecule has 0 spiro atoms. The first kappa shape index (κ1) is 17.9. The smallest absolute Gasteiger partial charge is 0.191 e. The van der Waals surface area contributed by atoms with Crippen molar-refractivity contribution in [2.45, 2.75) is 47.1 Å². The Hall–Kier alpha value is -1.47. The molecule has 0 aromatic carbocycles. The predicted molar refractivity (Wildman–Crippen MR) is 99.6 cm³/mol. The Morgan fingerprint density at radius 3 is 2.61 bits per heavy atom. The lowest BCUT2D eigenvalue weighted by molar-refractivity contribution is 0.794. The SMILES string of the molecule is CCNC(=NCc1ncc(CC)s1)NCCc1nc(C)c(C)s1. The van der Waals surface area contributed by atoms with Crippen LogP contribution in [0.3, 0.4) is 0 Å². The summed E-state index contributed by atoms with van der Waals surface area (Å²) in [5.74, 6) is 0.839. The second-order valence-electron chi connectivity index (χ2n) is 5.20. The summed E-state index contributed by atoms with van der Waals surface area (Å²) in [7, 11) is 0. The Morgan fingerprint density at radius 2 is 2.00 bits per heavy atom. The van der Waals surface area contributed by atoms with Crippen LogP contribution in [0.15, 0.2) is 11.2 Å². The molecule has 23 heavy (non-hydrogen) atoms. The Kier molecular flexibility index (Phi) is 6.98. The van der Waals surface area contributed by atoms with Gasteiger partial charge in [-0.05, 0) is 27.2 Å². The van der Waals surface area contributed by atoms with Gasteiger partial charge in [-0.2, -0.15) is 0 Å². The van der Waals surface area contributed by atoms with Gasteiger partial charge in [0.2, 0.25) is 0 Å². The Morgan fingerprint density at radius 1 is 1.17 bits per heavy atom. The van der Waals surface area contributed by atoms with E-state index >= 15 is 0 Å². The van der Waals surface area contributed by atoms with Gasteiger partial charge in [0.25, 0.3) is 0 Å². The minimum absolute atomic E-state index is 0.621. The molecule has 0 bridgehead atoms. The van der Waals surface area contributed by atoms with Crippen molar-refractivity contribution in [2.75, 3.05) is 13.1 Å². The number of guanidine groups is 1. The second-order valence-corrected chi connectivity index (χ2v) is 7.68. The molecular weight excluding hydrogens is 326 g/mol. The summed E-state index contributed by atoms with van der Waals surface area (Å²) >= 11 is 3.51. The van der Waals surface area contributed by atoms with Crippen LogP contribution in [0, 0.1) is 13.8 Å². The van der Waals surface area contributed by atoms with Gasteiger partial charge < -0.3 is 10.6 Å². The van der Waals surface area contributed by atoms with E-state index in [-0.39, 0.29) is 0 Å². The highest BCUT2D eigenvalue weighted by Gasteiger charge is 2.05. The number of hydrogen-bond acceptors (Lipinski definition) is 5. The Balaban J connectivity index is 1.85. The third-order valence-electron chi connectivity index (χ3n) is 3.37. The summed E-state index contributed by atoms with van der Waals surface area (Å²) in [4.78, 5) is 16.2. The van der Waals surface area contributed by atoms with Crippen LogP contribution in [0.25, 0.3) is 0 Å². The molecule has 2 aromatic rings. The van der Waals surface area contributed by atoms with Crippen LogP contribution in [0.5, 0.6) is 0 Å². The average molecular weight is 352 g/mol. The molecule has 0 saturated heterocycles. The molecule has 0 aliphatic heterocycles. The fourth-order valence-corrected chi connectivity index (χ4v) is 3.73. The number of rotatable bonds is 7. The molecule has 0 unspecified atom stereocenters. The minimum atomic E-state index is 0.621. The third-order valence-corrected chi connectivity index (χ3v) is 5.63. The van der Waals surface area contributed by atoms with E-state index in [1.165, 1.54) is 14.8 Å².